The normalized spacial score (nSPS) is 25.6. The summed E-state index contributed by atoms with van der Waals surface area (Å²) in [6.45, 7) is 0. The summed E-state index contributed by atoms with van der Waals surface area (Å²) in [4.78, 5) is 2.02. The molecule has 1 aliphatic rings. The molecule has 1 aliphatic heterocycles. The molecular formula is C12H8F5N3. The number of fused-ring (bicyclic) bond motifs is 1. The van der Waals surface area contributed by atoms with Gasteiger partial charge >= 0.3 is 12.0 Å². The van der Waals surface area contributed by atoms with Crippen LogP contribution in [0.2, 0.25) is 0 Å². The van der Waals surface area contributed by atoms with Crippen molar-refractivity contribution in [2.45, 2.75) is 12.0 Å². The number of aromatic nitrogens is 1. The van der Waals surface area contributed by atoms with Crippen molar-refractivity contribution in [1.29, 1.82) is 0 Å². The molecule has 3 rings (SSSR count). The molecule has 1 unspecified atom stereocenters. The Morgan fingerprint density at radius 1 is 0.950 bits per heavy atom. The average Bonchev–Trinajstić information content (AvgIpc) is 2.95. The van der Waals surface area contributed by atoms with Gasteiger partial charge in [-0.25, -0.2) is 0 Å². The number of anilines is 1. The SMILES string of the molecule is FN1c2cc[nH]c2C(F)(F)N(F)C1(F)c1ccccc1. The zero-order valence-corrected chi connectivity index (χ0v) is 9.83. The number of nitrogens with one attached hydrogen (secondary N) is 1. The highest BCUT2D eigenvalue weighted by Gasteiger charge is 2.64. The van der Waals surface area contributed by atoms with Crippen molar-refractivity contribution in [3.63, 3.8) is 0 Å². The molecule has 0 amide bonds. The summed E-state index contributed by atoms with van der Waals surface area (Å²) in [6, 6.07) is 2.69. The summed E-state index contributed by atoms with van der Waals surface area (Å²) in [7, 11) is 0. The fraction of sp³-hybridized carbons (Fsp3) is 0.167. The van der Waals surface area contributed by atoms with Crippen LogP contribution >= 0.6 is 0 Å². The van der Waals surface area contributed by atoms with E-state index in [2.05, 4.69) is 0 Å². The van der Waals surface area contributed by atoms with Crippen LogP contribution in [0.5, 0.6) is 0 Å². The zero-order chi connectivity index (χ0) is 14.5. The summed E-state index contributed by atoms with van der Waals surface area (Å²) in [5.74, 6) is -3.75. The van der Waals surface area contributed by atoms with Gasteiger partial charge in [-0.15, -0.1) is 4.48 Å². The van der Waals surface area contributed by atoms with Gasteiger partial charge in [0.25, 0.3) is 0 Å². The molecule has 0 saturated carbocycles. The Hall–Kier alpha value is -2.09. The molecule has 3 nitrogen and oxygen atoms in total. The number of rotatable bonds is 1. The monoisotopic (exact) mass is 289 g/mol. The van der Waals surface area contributed by atoms with Crippen LogP contribution in [0.1, 0.15) is 11.3 Å². The minimum atomic E-state index is -4.33. The largest absolute Gasteiger partial charge is 0.378 e. The number of hydrogen-bond acceptors (Lipinski definition) is 2. The summed E-state index contributed by atoms with van der Waals surface area (Å²) in [5.41, 5.74) is -2.39. The van der Waals surface area contributed by atoms with E-state index in [9.17, 15) is 22.1 Å². The van der Waals surface area contributed by atoms with Gasteiger partial charge in [-0.05, 0) is 11.2 Å². The highest BCUT2D eigenvalue weighted by Crippen LogP contribution is 2.53. The number of alkyl halides is 3. The predicted molar refractivity (Wildman–Crippen MR) is 60.4 cm³/mol. The highest BCUT2D eigenvalue weighted by atomic mass is 19.3. The molecule has 20 heavy (non-hydrogen) atoms. The lowest BCUT2D eigenvalue weighted by atomic mass is 10.1. The molecule has 8 heteroatoms. The summed E-state index contributed by atoms with van der Waals surface area (Å²) in [5, 5.41) is -2.10. The molecular weight excluding hydrogens is 281 g/mol. The molecule has 0 radical (unpaired) electrons. The van der Waals surface area contributed by atoms with E-state index >= 15 is 0 Å². The number of halogens is 5. The first-order valence-electron chi connectivity index (χ1n) is 5.62. The molecule has 1 aromatic carbocycles. The third-order valence-electron chi connectivity index (χ3n) is 3.15. The first-order valence-corrected chi connectivity index (χ1v) is 5.62. The van der Waals surface area contributed by atoms with Gasteiger partial charge in [-0.3, -0.25) is 0 Å². The first-order chi connectivity index (χ1) is 9.40. The standard InChI is InChI=1S/C12H8F5N3/c13-11(14)10-9(6-7-18-10)19(16)12(15,20(11)17)8-4-2-1-3-5-8/h1-7,18H. The average molecular weight is 289 g/mol. The molecule has 1 aromatic heterocycles. The fourth-order valence-corrected chi connectivity index (χ4v) is 2.16. The Labute approximate surface area is 110 Å². The second-order valence-corrected chi connectivity index (χ2v) is 4.29. The van der Waals surface area contributed by atoms with E-state index in [4.69, 9.17) is 0 Å². The Morgan fingerprint density at radius 3 is 2.25 bits per heavy atom. The molecule has 0 fully saturated rings. The van der Waals surface area contributed by atoms with Gasteiger partial charge in [-0.1, -0.05) is 34.8 Å². The van der Waals surface area contributed by atoms with Crippen LogP contribution < -0.4 is 5.12 Å². The number of H-pyrrole nitrogens is 1. The maximum atomic E-state index is 14.8. The van der Waals surface area contributed by atoms with Gasteiger partial charge in [0, 0.05) is 11.8 Å². The topological polar surface area (TPSA) is 22.3 Å². The highest BCUT2D eigenvalue weighted by molar-refractivity contribution is 5.55. The van der Waals surface area contributed by atoms with Crippen molar-refractivity contribution in [1.82, 2.24) is 10.1 Å². The molecule has 0 aliphatic carbocycles. The third kappa shape index (κ3) is 1.42. The lowest BCUT2D eigenvalue weighted by Gasteiger charge is -2.42. The van der Waals surface area contributed by atoms with Crippen molar-refractivity contribution < 1.29 is 22.1 Å². The lowest BCUT2D eigenvalue weighted by molar-refractivity contribution is -0.343. The van der Waals surface area contributed by atoms with E-state index in [1.54, 1.807) is 0 Å². The quantitative estimate of drug-likeness (QED) is 0.491. The molecule has 0 spiro atoms. The molecule has 1 N–H and O–H groups in total. The van der Waals surface area contributed by atoms with Gasteiger partial charge in [0.1, 0.15) is 11.4 Å². The molecule has 1 atom stereocenters. The summed E-state index contributed by atoms with van der Waals surface area (Å²) < 4.78 is 70.6. The van der Waals surface area contributed by atoms with Crippen LogP contribution in [0.4, 0.5) is 27.8 Å². The number of benzene rings is 1. The second kappa shape index (κ2) is 3.95. The van der Waals surface area contributed by atoms with Crippen molar-refractivity contribution >= 4 is 5.69 Å². The Kier molecular flexibility index (Phi) is 2.55. The van der Waals surface area contributed by atoms with Crippen LogP contribution in [-0.2, 0) is 12.0 Å². The van der Waals surface area contributed by atoms with Crippen molar-refractivity contribution in [2.24, 2.45) is 0 Å². The number of aromatic amines is 1. The maximum Gasteiger partial charge on any atom is 0.378 e. The molecule has 0 saturated heterocycles. The van der Waals surface area contributed by atoms with Crippen LogP contribution in [0.3, 0.4) is 0 Å². The smallest absolute Gasteiger partial charge is 0.357 e. The Morgan fingerprint density at radius 2 is 1.60 bits per heavy atom. The van der Waals surface area contributed by atoms with E-state index in [-0.39, 0.29) is 0 Å². The van der Waals surface area contributed by atoms with Crippen molar-refractivity contribution in [3.05, 3.63) is 53.9 Å². The van der Waals surface area contributed by atoms with Gasteiger partial charge in [0.05, 0.1) is 0 Å². The summed E-state index contributed by atoms with van der Waals surface area (Å²) in [6.07, 6.45) is 0.982. The van der Waals surface area contributed by atoms with E-state index < -0.39 is 39.2 Å². The summed E-state index contributed by atoms with van der Waals surface area (Å²) >= 11 is 0. The minimum absolute atomic E-state index is 0.587. The molecule has 2 aromatic rings. The van der Waals surface area contributed by atoms with Gasteiger partial charge in [0.15, 0.2) is 0 Å². The number of nitrogens with zero attached hydrogens (tertiary/aromatic N) is 2. The van der Waals surface area contributed by atoms with Gasteiger partial charge < -0.3 is 4.98 Å². The molecule has 106 valence electrons. The van der Waals surface area contributed by atoms with Crippen molar-refractivity contribution in [3.8, 4) is 0 Å². The molecule has 2 heterocycles. The fourth-order valence-electron chi connectivity index (χ4n) is 2.16. The third-order valence-corrected chi connectivity index (χ3v) is 3.15. The van der Waals surface area contributed by atoms with E-state index in [1.807, 2.05) is 4.98 Å². The van der Waals surface area contributed by atoms with E-state index in [0.717, 1.165) is 24.4 Å². The zero-order valence-electron chi connectivity index (χ0n) is 9.83. The van der Waals surface area contributed by atoms with Crippen LogP contribution in [-0.4, -0.2) is 10.1 Å². The lowest BCUT2D eigenvalue weighted by Crippen LogP contribution is -2.58. The van der Waals surface area contributed by atoms with Crippen LogP contribution in [0, 0.1) is 0 Å². The van der Waals surface area contributed by atoms with E-state index in [1.165, 1.54) is 18.2 Å². The van der Waals surface area contributed by atoms with E-state index in [0.29, 0.717) is 0 Å². The Balaban J connectivity index is 2.23. The maximum absolute atomic E-state index is 14.8. The van der Waals surface area contributed by atoms with Crippen LogP contribution in [0.15, 0.2) is 42.6 Å². The molecule has 0 bridgehead atoms. The van der Waals surface area contributed by atoms with Gasteiger partial charge in [-0.2, -0.15) is 18.3 Å². The first kappa shape index (κ1) is 12.9. The Bertz CT molecular complexity index is 629. The number of hydrogen-bond donors (Lipinski definition) is 1. The van der Waals surface area contributed by atoms with Crippen LogP contribution in [0.25, 0.3) is 0 Å². The second-order valence-electron chi connectivity index (χ2n) is 4.29. The van der Waals surface area contributed by atoms with Crippen molar-refractivity contribution in [2.75, 3.05) is 5.12 Å². The minimum Gasteiger partial charge on any atom is -0.357 e. The predicted octanol–water partition coefficient (Wildman–Crippen LogP) is 3.74. The van der Waals surface area contributed by atoms with Gasteiger partial charge in [0.2, 0.25) is 0 Å².